The van der Waals surface area contributed by atoms with Gasteiger partial charge >= 0.3 is 0 Å². The van der Waals surface area contributed by atoms with Crippen LogP contribution in [0.2, 0.25) is 0 Å². The van der Waals surface area contributed by atoms with Crippen LogP contribution in [0.5, 0.6) is 5.75 Å². The first-order valence-corrected chi connectivity index (χ1v) is 11.2. The molecule has 0 aliphatic heterocycles. The number of rotatable bonds is 8. The van der Waals surface area contributed by atoms with Crippen LogP contribution in [0.1, 0.15) is 59.8 Å². The Morgan fingerprint density at radius 1 is 1.26 bits per heavy atom. The van der Waals surface area contributed by atoms with Crippen LogP contribution in [0.15, 0.2) is 33.5 Å². The fourth-order valence-electron chi connectivity index (χ4n) is 2.94. The summed E-state index contributed by atoms with van der Waals surface area (Å²) in [4.78, 5) is 25.0. The van der Waals surface area contributed by atoms with Crippen molar-refractivity contribution in [3.63, 3.8) is 0 Å². The number of nitrogens with zero attached hydrogens (tertiary/aromatic N) is 2. The first-order chi connectivity index (χ1) is 14.8. The Morgan fingerprint density at radius 2 is 2.00 bits per heavy atom. The van der Waals surface area contributed by atoms with E-state index in [-0.39, 0.29) is 10.7 Å². The first-order valence-electron chi connectivity index (χ1n) is 9.96. The summed E-state index contributed by atoms with van der Waals surface area (Å²) in [6, 6.07) is 8.59. The normalized spacial score (nSPS) is 10.3. The van der Waals surface area contributed by atoms with Crippen molar-refractivity contribution in [1.82, 2.24) is 9.99 Å². The number of thiocarbonyl (C=S) groups is 1. The van der Waals surface area contributed by atoms with Crippen LogP contribution in [0, 0.1) is 25.2 Å². The van der Waals surface area contributed by atoms with Gasteiger partial charge in [0.25, 0.3) is 11.5 Å². The Hall–Kier alpha value is -2.70. The number of pyridine rings is 1. The molecule has 1 aromatic carbocycles. The van der Waals surface area contributed by atoms with Crippen molar-refractivity contribution in [2.24, 2.45) is 0 Å². The maximum atomic E-state index is 12.5. The summed E-state index contributed by atoms with van der Waals surface area (Å²) in [6.07, 6.45) is 4.46. The van der Waals surface area contributed by atoms with Crippen molar-refractivity contribution < 1.29 is 9.53 Å². The zero-order chi connectivity index (χ0) is 23.0. The van der Waals surface area contributed by atoms with Gasteiger partial charge in [-0.15, -0.1) is 0 Å². The van der Waals surface area contributed by atoms with Gasteiger partial charge in [0.2, 0.25) is 0 Å². The van der Waals surface area contributed by atoms with Crippen LogP contribution >= 0.6 is 28.1 Å². The fourth-order valence-corrected chi connectivity index (χ4v) is 3.62. The number of hydrogen-bond acceptors (Lipinski definition) is 5. The third-order valence-electron chi connectivity index (χ3n) is 4.59. The summed E-state index contributed by atoms with van der Waals surface area (Å²) in [5.41, 5.74) is 3.67. The molecule has 164 valence electrons. The molecule has 0 saturated carbocycles. The van der Waals surface area contributed by atoms with Gasteiger partial charge in [-0.05, 0) is 78.2 Å². The van der Waals surface area contributed by atoms with Crippen LogP contribution in [0.25, 0.3) is 0 Å². The van der Waals surface area contributed by atoms with Crippen LogP contribution in [0.3, 0.4) is 0 Å². The highest BCUT2D eigenvalue weighted by atomic mass is 79.9. The quantitative estimate of drug-likeness (QED) is 0.410. The van der Waals surface area contributed by atoms with E-state index >= 15 is 0 Å². The number of amides is 1. The predicted octanol–water partition coefficient (Wildman–Crippen LogP) is 4.32. The van der Waals surface area contributed by atoms with E-state index in [0.717, 1.165) is 17.5 Å². The molecule has 0 fully saturated rings. The summed E-state index contributed by atoms with van der Waals surface area (Å²) in [7, 11) is 0. The van der Waals surface area contributed by atoms with Gasteiger partial charge in [-0.2, -0.15) is 5.26 Å². The fraction of sp³-hybridized carbons (Fsp3) is 0.364. The summed E-state index contributed by atoms with van der Waals surface area (Å²) >= 11 is 8.60. The highest BCUT2D eigenvalue weighted by Crippen LogP contribution is 2.26. The number of benzene rings is 1. The summed E-state index contributed by atoms with van der Waals surface area (Å²) in [5, 5.41) is 11.7. The van der Waals surface area contributed by atoms with Crippen LogP contribution in [0.4, 0.5) is 0 Å². The number of ether oxygens (including phenoxy) is 1. The molecule has 0 saturated heterocycles. The lowest BCUT2D eigenvalue weighted by atomic mass is 10.1. The number of hydrogen-bond donors (Lipinski definition) is 2. The predicted molar refractivity (Wildman–Crippen MR) is 128 cm³/mol. The molecule has 9 heteroatoms. The van der Waals surface area contributed by atoms with Crippen molar-refractivity contribution in [1.29, 1.82) is 5.26 Å². The molecule has 1 amide bonds. The zero-order valence-electron chi connectivity index (χ0n) is 17.8. The van der Waals surface area contributed by atoms with E-state index in [2.05, 4.69) is 33.6 Å². The van der Waals surface area contributed by atoms with Crippen LogP contribution < -0.4 is 21.0 Å². The molecule has 0 bridgehead atoms. The number of halogens is 1. The van der Waals surface area contributed by atoms with Crippen LogP contribution in [-0.4, -0.2) is 22.3 Å². The first kappa shape index (κ1) is 24.6. The number of carbonyl (C=O) groups excluding carboxylic acids is 1. The summed E-state index contributed by atoms with van der Waals surface area (Å²) in [6.45, 7) is 6.17. The Bertz CT molecular complexity index is 1080. The molecule has 31 heavy (non-hydrogen) atoms. The lowest BCUT2D eigenvalue weighted by Crippen LogP contribution is -2.43. The standard InChI is InChI=1S/C22H25BrN4O3S/c1-4-5-6-7-10-30-19-9-8-16(12-18(19)23)20(28)25-22(31)26-27-15(3)11-14(2)17(13-24)21(27)29/h8-9,11-12H,4-7,10H2,1-3H3,(H2,25,26,28,31). The average Bonchev–Trinajstić information content (AvgIpc) is 2.72. The van der Waals surface area contributed by atoms with Crippen molar-refractivity contribution in [2.75, 3.05) is 12.0 Å². The molecule has 1 heterocycles. The molecule has 0 radical (unpaired) electrons. The topological polar surface area (TPSA) is 96.2 Å². The van der Waals surface area contributed by atoms with E-state index in [0.29, 0.717) is 33.6 Å². The van der Waals surface area contributed by atoms with E-state index in [1.165, 1.54) is 12.8 Å². The molecular weight excluding hydrogens is 480 g/mol. The molecule has 0 aliphatic rings. The molecule has 2 N–H and O–H groups in total. The van der Waals surface area contributed by atoms with E-state index in [1.54, 1.807) is 38.1 Å². The molecule has 2 aromatic rings. The minimum atomic E-state index is -0.528. The van der Waals surface area contributed by atoms with Gasteiger partial charge in [-0.1, -0.05) is 26.2 Å². The largest absolute Gasteiger partial charge is 0.492 e. The monoisotopic (exact) mass is 504 g/mol. The van der Waals surface area contributed by atoms with Crippen molar-refractivity contribution in [3.05, 3.63) is 61.5 Å². The lowest BCUT2D eigenvalue weighted by molar-refractivity contribution is 0.0977. The Balaban J connectivity index is 2.02. The molecule has 0 atom stereocenters. The van der Waals surface area contributed by atoms with Crippen molar-refractivity contribution in [3.8, 4) is 11.8 Å². The van der Waals surface area contributed by atoms with Gasteiger partial charge in [-0.25, -0.2) is 4.68 Å². The van der Waals surface area contributed by atoms with E-state index < -0.39 is 11.5 Å². The molecule has 7 nitrogen and oxygen atoms in total. The zero-order valence-corrected chi connectivity index (χ0v) is 20.2. The Morgan fingerprint density at radius 3 is 2.65 bits per heavy atom. The van der Waals surface area contributed by atoms with Crippen LogP contribution in [-0.2, 0) is 0 Å². The molecule has 0 spiro atoms. The van der Waals surface area contributed by atoms with Crippen molar-refractivity contribution >= 4 is 39.2 Å². The SMILES string of the molecule is CCCCCCOc1ccc(C(=O)NC(=S)Nn2c(C)cc(C)c(C#N)c2=O)cc1Br. The molecule has 0 unspecified atom stereocenters. The Labute approximate surface area is 195 Å². The molecule has 0 aliphatic carbocycles. The number of unbranched alkanes of at least 4 members (excludes halogenated alkanes) is 3. The lowest BCUT2D eigenvalue weighted by Gasteiger charge is -2.15. The second-order valence-electron chi connectivity index (χ2n) is 7.05. The summed E-state index contributed by atoms with van der Waals surface area (Å²) < 4.78 is 7.56. The second-order valence-corrected chi connectivity index (χ2v) is 8.31. The van der Waals surface area contributed by atoms with E-state index in [4.69, 9.17) is 17.0 Å². The van der Waals surface area contributed by atoms with Crippen molar-refractivity contribution in [2.45, 2.75) is 46.5 Å². The number of aromatic nitrogens is 1. The summed E-state index contributed by atoms with van der Waals surface area (Å²) in [5.74, 6) is 0.227. The highest BCUT2D eigenvalue weighted by molar-refractivity contribution is 9.10. The number of carbonyl (C=O) groups is 1. The third-order valence-corrected chi connectivity index (χ3v) is 5.40. The molecule has 2 rings (SSSR count). The maximum absolute atomic E-state index is 12.5. The van der Waals surface area contributed by atoms with E-state index in [1.807, 2.05) is 6.07 Å². The van der Waals surface area contributed by atoms with Gasteiger partial charge in [0.1, 0.15) is 17.4 Å². The second kappa shape index (κ2) is 11.6. The van der Waals surface area contributed by atoms with Gasteiger partial charge in [-0.3, -0.25) is 20.3 Å². The van der Waals surface area contributed by atoms with E-state index in [9.17, 15) is 14.9 Å². The minimum absolute atomic E-state index is 0.0152. The Kier molecular flexibility index (Phi) is 9.21. The molecular formula is C22H25BrN4O3S. The maximum Gasteiger partial charge on any atom is 0.287 e. The smallest absolute Gasteiger partial charge is 0.287 e. The average molecular weight is 505 g/mol. The number of aryl methyl sites for hydroxylation is 2. The van der Waals surface area contributed by atoms with Gasteiger partial charge < -0.3 is 4.74 Å². The van der Waals surface area contributed by atoms with Gasteiger partial charge in [0.15, 0.2) is 5.11 Å². The third kappa shape index (κ3) is 6.64. The molecule has 1 aromatic heterocycles. The highest BCUT2D eigenvalue weighted by Gasteiger charge is 2.14. The van der Waals surface area contributed by atoms with Gasteiger partial charge in [0.05, 0.1) is 11.1 Å². The van der Waals surface area contributed by atoms with Gasteiger partial charge in [0, 0.05) is 11.3 Å². The number of nitrogens with one attached hydrogen (secondary N) is 2. The number of nitriles is 1. The minimum Gasteiger partial charge on any atom is -0.492 e.